The van der Waals surface area contributed by atoms with E-state index < -0.39 is 0 Å². The minimum Gasteiger partial charge on any atom is -0.360 e. The van der Waals surface area contributed by atoms with Crippen molar-refractivity contribution >= 4 is 11.8 Å². The van der Waals surface area contributed by atoms with Crippen molar-refractivity contribution in [2.45, 2.75) is 53.4 Å². The molecule has 1 aliphatic rings. The van der Waals surface area contributed by atoms with Crippen molar-refractivity contribution in [1.82, 2.24) is 15.4 Å². The summed E-state index contributed by atoms with van der Waals surface area (Å²) in [6, 6.07) is 0. The highest BCUT2D eigenvalue weighted by molar-refractivity contribution is 5.96. The highest BCUT2D eigenvalue weighted by atomic mass is 16.5. The fourth-order valence-corrected chi connectivity index (χ4v) is 3.06. The Bertz CT molecular complexity index is 592. The van der Waals surface area contributed by atoms with Crippen LogP contribution in [0.1, 0.15) is 68.3 Å². The average molecular weight is 335 g/mol. The Morgan fingerprint density at radius 2 is 2.04 bits per heavy atom. The summed E-state index contributed by atoms with van der Waals surface area (Å²) in [6.45, 7) is 11.6. The number of carbonyl (C=O) groups excluding carboxylic acids is 2. The molecule has 0 radical (unpaired) electrons. The molecule has 1 aromatic heterocycles. The fourth-order valence-electron chi connectivity index (χ4n) is 3.06. The second-order valence-electron chi connectivity index (χ2n) is 7.32. The molecule has 0 aliphatic carbocycles. The molecule has 24 heavy (non-hydrogen) atoms. The summed E-state index contributed by atoms with van der Waals surface area (Å²) in [5, 5.41) is 6.95. The van der Waals surface area contributed by atoms with Crippen LogP contribution in [0.4, 0.5) is 0 Å². The molecule has 0 aromatic carbocycles. The lowest BCUT2D eigenvalue weighted by molar-refractivity contribution is -0.124. The first-order valence-electron chi connectivity index (χ1n) is 8.84. The summed E-state index contributed by atoms with van der Waals surface area (Å²) >= 11 is 0. The molecule has 2 rings (SSSR count). The Hall–Kier alpha value is -1.85. The summed E-state index contributed by atoms with van der Waals surface area (Å²) in [4.78, 5) is 26.6. The number of amides is 2. The topological polar surface area (TPSA) is 75.4 Å². The van der Waals surface area contributed by atoms with E-state index in [-0.39, 0.29) is 23.7 Å². The van der Waals surface area contributed by atoms with Crippen LogP contribution in [0.2, 0.25) is 0 Å². The van der Waals surface area contributed by atoms with Gasteiger partial charge in [0, 0.05) is 31.5 Å². The van der Waals surface area contributed by atoms with Crippen molar-refractivity contribution in [3.63, 3.8) is 0 Å². The van der Waals surface area contributed by atoms with Gasteiger partial charge in [0.2, 0.25) is 5.91 Å². The van der Waals surface area contributed by atoms with Crippen molar-refractivity contribution in [2.24, 2.45) is 11.8 Å². The third kappa shape index (κ3) is 4.16. The molecule has 134 valence electrons. The molecular weight excluding hydrogens is 306 g/mol. The first-order valence-corrected chi connectivity index (χ1v) is 8.84. The lowest BCUT2D eigenvalue weighted by Crippen LogP contribution is -2.44. The van der Waals surface area contributed by atoms with Crippen LogP contribution in [0.25, 0.3) is 0 Å². The maximum atomic E-state index is 12.9. The summed E-state index contributed by atoms with van der Waals surface area (Å²) < 4.78 is 5.35. The largest absolute Gasteiger partial charge is 0.360 e. The van der Waals surface area contributed by atoms with E-state index in [1.807, 2.05) is 39.5 Å². The smallest absolute Gasteiger partial charge is 0.259 e. The van der Waals surface area contributed by atoms with E-state index >= 15 is 0 Å². The van der Waals surface area contributed by atoms with Gasteiger partial charge >= 0.3 is 0 Å². The molecular formula is C18H29N3O3. The summed E-state index contributed by atoms with van der Waals surface area (Å²) in [5.41, 5.74) is 1.26. The third-order valence-corrected chi connectivity index (χ3v) is 4.52. The standard InChI is InChI=1S/C18H29N3O3/c1-11(2)16-15(13(5)20-24-16)18(23)21-8-6-7-14(10-21)9-19-17(22)12(3)4/h11-12,14H,6-10H2,1-5H3,(H,19,22). The fraction of sp³-hybridized carbons (Fsp3) is 0.722. The van der Waals surface area contributed by atoms with Crippen molar-refractivity contribution in [3.05, 3.63) is 17.0 Å². The molecule has 6 nitrogen and oxygen atoms in total. The first kappa shape index (κ1) is 18.5. The van der Waals surface area contributed by atoms with Crippen molar-refractivity contribution in [3.8, 4) is 0 Å². The minimum atomic E-state index is -0.0143. The van der Waals surface area contributed by atoms with Gasteiger partial charge in [-0.25, -0.2) is 0 Å². The number of rotatable bonds is 5. The highest BCUT2D eigenvalue weighted by Gasteiger charge is 2.30. The quantitative estimate of drug-likeness (QED) is 0.898. The monoisotopic (exact) mass is 335 g/mol. The molecule has 0 bridgehead atoms. The molecule has 1 aliphatic heterocycles. The Morgan fingerprint density at radius 3 is 2.67 bits per heavy atom. The Labute approximate surface area is 143 Å². The van der Waals surface area contributed by atoms with Gasteiger partial charge in [-0.15, -0.1) is 0 Å². The normalized spacial score (nSPS) is 18.3. The summed E-state index contributed by atoms with van der Waals surface area (Å²) in [7, 11) is 0. The third-order valence-electron chi connectivity index (χ3n) is 4.52. The number of aromatic nitrogens is 1. The van der Waals surface area contributed by atoms with Gasteiger partial charge in [-0.3, -0.25) is 9.59 Å². The van der Waals surface area contributed by atoms with Crippen LogP contribution in [0.5, 0.6) is 0 Å². The zero-order chi connectivity index (χ0) is 17.9. The highest BCUT2D eigenvalue weighted by Crippen LogP contribution is 2.26. The van der Waals surface area contributed by atoms with E-state index in [1.54, 1.807) is 0 Å². The number of nitrogens with zero attached hydrogens (tertiary/aromatic N) is 2. The van der Waals surface area contributed by atoms with Crippen LogP contribution in [0.15, 0.2) is 4.52 Å². The van der Waals surface area contributed by atoms with E-state index in [1.165, 1.54) is 0 Å². The number of piperidine rings is 1. The van der Waals surface area contributed by atoms with Crippen LogP contribution < -0.4 is 5.32 Å². The molecule has 1 N–H and O–H groups in total. The van der Waals surface area contributed by atoms with Crippen molar-refractivity contribution in [2.75, 3.05) is 19.6 Å². The Balaban J connectivity index is 2.03. The van der Waals surface area contributed by atoms with Crippen molar-refractivity contribution in [1.29, 1.82) is 0 Å². The number of aryl methyl sites for hydroxylation is 1. The predicted molar refractivity (Wildman–Crippen MR) is 91.8 cm³/mol. The minimum absolute atomic E-state index is 0.00247. The van der Waals surface area contributed by atoms with Crippen LogP contribution in [0.3, 0.4) is 0 Å². The zero-order valence-corrected chi connectivity index (χ0v) is 15.4. The molecule has 6 heteroatoms. The number of hydrogen-bond donors (Lipinski definition) is 1. The van der Waals surface area contributed by atoms with Crippen LogP contribution in [-0.4, -0.2) is 41.5 Å². The van der Waals surface area contributed by atoms with Gasteiger partial charge in [0.25, 0.3) is 5.91 Å². The maximum absolute atomic E-state index is 12.9. The molecule has 1 fully saturated rings. The molecule has 1 atom stereocenters. The number of carbonyl (C=O) groups is 2. The molecule has 1 unspecified atom stereocenters. The van der Waals surface area contributed by atoms with E-state index in [2.05, 4.69) is 10.5 Å². The molecule has 1 saturated heterocycles. The Kier molecular flexibility index (Phi) is 6.02. The van der Waals surface area contributed by atoms with E-state index in [9.17, 15) is 9.59 Å². The van der Waals surface area contributed by atoms with E-state index in [0.717, 1.165) is 19.4 Å². The average Bonchev–Trinajstić information content (AvgIpc) is 2.93. The van der Waals surface area contributed by atoms with Gasteiger partial charge in [-0.05, 0) is 25.7 Å². The van der Waals surface area contributed by atoms with E-state index in [4.69, 9.17) is 4.52 Å². The van der Waals surface area contributed by atoms with Gasteiger partial charge in [0.15, 0.2) is 5.76 Å². The summed E-state index contributed by atoms with van der Waals surface area (Å²) in [5.74, 6) is 1.13. The number of likely N-dealkylation sites (tertiary alicyclic amines) is 1. The van der Waals surface area contributed by atoms with Gasteiger partial charge < -0.3 is 14.7 Å². The molecule has 0 spiro atoms. The molecule has 0 saturated carbocycles. The molecule has 1 aromatic rings. The van der Waals surface area contributed by atoms with Crippen molar-refractivity contribution < 1.29 is 14.1 Å². The van der Waals surface area contributed by atoms with Crippen LogP contribution in [-0.2, 0) is 4.79 Å². The van der Waals surface area contributed by atoms with Gasteiger partial charge in [-0.1, -0.05) is 32.9 Å². The lowest BCUT2D eigenvalue weighted by Gasteiger charge is -2.33. The number of hydrogen-bond acceptors (Lipinski definition) is 4. The first-order chi connectivity index (χ1) is 11.3. The predicted octanol–water partition coefficient (Wildman–Crippen LogP) is 2.73. The number of nitrogens with one attached hydrogen (secondary N) is 1. The maximum Gasteiger partial charge on any atom is 0.259 e. The Morgan fingerprint density at radius 1 is 1.33 bits per heavy atom. The second-order valence-corrected chi connectivity index (χ2v) is 7.32. The SMILES string of the molecule is Cc1noc(C(C)C)c1C(=O)N1CCCC(CNC(=O)C(C)C)C1. The molecule has 2 amide bonds. The van der Waals surface area contributed by atoms with Gasteiger partial charge in [0.1, 0.15) is 5.56 Å². The summed E-state index contributed by atoms with van der Waals surface area (Å²) in [6.07, 6.45) is 1.98. The van der Waals surface area contributed by atoms with Gasteiger partial charge in [0.05, 0.1) is 5.69 Å². The zero-order valence-electron chi connectivity index (χ0n) is 15.4. The second kappa shape index (κ2) is 7.81. The van der Waals surface area contributed by atoms with Crippen LogP contribution in [0, 0.1) is 18.8 Å². The van der Waals surface area contributed by atoms with Crippen LogP contribution >= 0.6 is 0 Å². The van der Waals surface area contributed by atoms with E-state index in [0.29, 0.717) is 36.0 Å². The lowest BCUT2D eigenvalue weighted by atomic mass is 9.96. The molecule has 2 heterocycles. The van der Waals surface area contributed by atoms with Gasteiger partial charge in [-0.2, -0.15) is 0 Å².